The van der Waals surface area contributed by atoms with Crippen molar-refractivity contribution in [3.05, 3.63) is 75.7 Å². The number of hydrogen-bond acceptors (Lipinski definition) is 3. The number of aromatic amines is 1. The van der Waals surface area contributed by atoms with E-state index >= 15 is 0 Å². The predicted molar refractivity (Wildman–Crippen MR) is 84.7 cm³/mol. The van der Waals surface area contributed by atoms with Crippen molar-refractivity contribution >= 4 is 16.7 Å². The van der Waals surface area contributed by atoms with Crippen LogP contribution in [0.15, 0.2) is 53.3 Å². The summed E-state index contributed by atoms with van der Waals surface area (Å²) in [6, 6.07) is 14.5. The molecule has 2 N–H and O–H groups in total. The van der Waals surface area contributed by atoms with Gasteiger partial charge in [0, 0.05) is 10.9 Å². The van der Waals surface area contributed by atoms with Gasteiger partial charge in [-0.05, 0) is 25.1 Å². The number of benzene rings is 2. The van der Waals surface area contributed by atoms with Gasteiger partial charge in [-0.1, -0.05) is 35.9 Å². The quantitative estimate of drug-likeness (QED) is 0.777. The van der Waals surface area contributed by atoms with Crippen LogP contribution >= 0.6 is 0 Å². The van der Waals surface area contributed by atoms with Gasteiger partial charge in [-0.3, -0.25) is 9.59 Å². The van der Waals surface area contributed by atoms with Gasteiger partial charge in [-0.15, -0.1) is 0 Å². The molecule has 0 saturated carbocycles. The molecule has 0 bridgehead atoms. The van der Waals surface area contributed by atoms with E-state index in [2.05, 4.69) is 15.5 Å². The van der Waals surface area contributed by atoms with Gasteiger partial charge in [0.15, 0.2) is 0 Å². The Labute approximate surface area is 127 Å². The summed E-state index contributed by atoms with van der Waals surface area (Å²) in [5, 5.41) is 10.6. The maximum atomic E-state index is 12.1. The minimum Gasteiger partial charge on any atom is -0.346 e. The summed E-state index contributed by atoms with van der Waals surface area (Å²) in [5.41, 5.74) is 2.10. The Morgan fingerprint density at radius 3 is 2.50 bits per heavy atom. The molecular weight excluding hydrogens is 278 g/mol. The topological polar surface area (TPSA) is 74.8 Å². The van der Waals surface area contributed by atoms with Crippen LogP contribution in [-0.4, -0.2) is 16.1 Å². The maximum Gasteiger partial charge on any atom is 0.272 e. The second-order valence-electron chi connectivity index (χ2n) is 5.09. The van der Waals surface area contributed by atoms with Gasteiger partial charge < -0.3 is 5.32 Å². The first-order chi connectivity index (χ1) is 10.6. The highest BCUT2D eigenvalue weighted by atomic mass is 16.1. The zero-order valence-electron chi connectivity index (χ0n) is 12.1. The highest BCUT2D eigenvalue weighted by Gasteiger charge is 2.09. The minimum atomic E-state index is -0.232. The third-order valence-corrected chi connectivity index (χ3v) is 3.51. The number of aromatic nitrogens is 2. The standard InChI is InChI=1S/C17H15N3O2/c1-11-6-8-12(9-7-11)16(21)18-10-15-13-4-2-3-5-14(13)17(22)20-19-15/h2-9H,10H2,1H3,(H,18,21)(H,20,22). The molecule has 0 saturated heterocycles. The third kappa shape index (κ3) is 2.74. The lowest BCUT2D eigenvalue weighted by Gasteiger charge is -2.07. The van der Waals surface area contributed by atoms with Crippen molar-refractivity contribution in [3.63, 3.8) is 0 Å². The Kier molecular flexibility index (Phi) is 3.70. The van der Waals surface area contributed by atoms with E-state index in [9.17, 15) is 9.59 Å². The van der Waals surface area contributed by atoms with Crippen LogP contribution in [0.4, 0.5) is 0 Å². The lowest BCUT2D eigenvalue weighted by atomic mass is 10.1. The Morgan fingerprint density at radius 2 is 1.77 bits per heavy atom. The summed E-state index contributed by atoms with van der Waals surface area (Å²) >= 11 is 0. The SMILES string of the molecule is Cc1ccc(C(=O)NCc2n[nH]c(=O)c3ccccc23)cc1. The first kappa shape index (κ1) is 14.0. The van der Waals surface area contributed by atoms with Crippen molar-refractivity contribution in [2.45, 2.75) is 13.5 Å². The highest BCUT2D eigenvalue weighted by molar-refractivity contribution is 5.94. The zero-order valence-corrected chi connectivity index (χ0v) is 12.1. The molecule has 22 heavy (non-hydrogen) atoms. The van der Waals surface area contributed by atoms with E-state index in [1.165, 1.54) is 0 Å². The van der Waals surface area contributed by atoms with Crippen molar-refractivity contribution < 1.29 is 4.79 Å². The predicted octanol–water partition coefficient (Wildman–Crippen LogP) is 2.16. The Hall–Kier alpha value is -2.95. The van der Waals surface area contributed by atoms with Crippen LogP contribution < -0.4 is 10.9 Å². The van der Waals surface area contributed by atoms with E-state index in [-0.39, 0.29) is 18.0 Å². The molecule has 5 heteroatoms. The fourth-order valence-electron chi connectivity index (χ4n) is 2.28. The zero-order chi connectivity index (χ0) is 15.5. The van der Waals surface area contributed by atoms with Crippen molar-refractivity contribution in [3.8, 4) is 0 Å². The van der Waals surface area contributed by atoms with Gasteiger partial charge >= 0.3 is 0 Å². The molecule has 0 spiro atoms. The molecule has 1 heterocycles. The normalized spacial score (nSPS) is 10.6. The average Bonchev–Trinajstić information content (AvgIpc) is 2.55. The molecule has 1 amide bonds. The van der Waals surface area contributed by atoms with Crippen molar-refractivity contribution in [2.75, 3.05) is 0 Å². The van der Waals surface area contributed by atoms with Crippen molar-refractivity contribution in [1.82, 2.24) is 15.5 Å². The molecule has 5 nitrogen and oxygen atoms in total. The molecule has 1 aromatic heterocycles. The number of rotatable bonds is 3. The van der Waals surface area contributed by atoms with E-state index in [0.29, 0.717) is 16.6 Å². The molecule has 0 aliphatic heterocycles. The fraction of sp³-hybridized carbons (Fsp3) is 0.118. The second kappa shape index (κ2) is 5.81. The van der Waals surface area contributed by atoms with Crippen molar-refractivity contribution in [2.24, 2.45) is 0 Å². The van der Waals surface area contributed by atoms with E-state index < -0.39 is 0 Å². The number of fused-ring (bicyclic) bond motifs is 1. The summed E-state index contributed by atoms with van der Waals surface area (Å²) in [7, 11) is 0. The lowest BCUT2D eigenvalue weighted by Crippen LogP contribution is -2.24. The largest absolute Gasteiger partial charge is 0.346 e. The molecule has 0 atom stereocenters. The summed E-state index contributed by atoms with van der Waals surface area (Å²) in [4.78, 5) is 23.8. The van der Waals surface area contributed by atoms with Gasteiger partial charge in [-0.25, -0.2) is 5.10 Å². The van der Waals surface area contributed by atoms with Crippen LogP contribution in [0, 0.1) is 6.92 Å². The number of nitrogens with zero attached hydrogens (tertiary/aromatic N) is 1. The first-order valence-corrected chi connectivity index (χ1v) is 6.96. The summed E-state index contributed by atoms with van der Waals surface area (Å²) in [5.74, 6) is -0.169. The number of aryl methyl sites for hydroxylation is 1. The molecule has 0 aliphatic rings. The Morgan fingerprint density at radius 1 is 1.09 bits per heavy atom. The van der Waals surface area contributed by atoms with Crippen LogP contribution in [0.5, 0.6) is 0 Å². The van der Waals surface area contributed by atoms with Crippen LogP contribution in [0.3, 0.4) is 0 Å². The molecule has 0 fully saturated rings. The molecule has 3 rings (SSSR count). The van der Waals surface area contributed by atoms with Gasteiger partial charge in [0.2, 0.25) is 0 Å². The van der Waals surface area contributed by atoms with Crippen molar-refractivity contribution in [1.29, 1.82) is 0 Å². The summed E-state index contributed by atoms with van der Waals surface area (Å²) in [6.45, 7) is 2.22. The molecule has 0 unspecified atom stereocenters. The highest BCUT2D eigenvalue weighted by Crippen LogP contribution is 2.12. The smallest absolute Gasteiger partial charge is 0.272 e. The van der Waals surface area contributed by atoms with Crippen LogP contribution in [-0.2, 0) is 6.54 Å². The number of carbonyl (C=O) groups is 1. The van der Waals surface area contributed by atoms with Gasteiger partial charge in [0.25, 0.3) is 11.5 Å². The number of hydrogen-bond donors (Lipinski definition) is 2. The number of nitrogens with one attached hydrogen (secondary N) is 2. The Bertz CT molecular complexity index is 882. The molecule has 2 aromatic carbocycles. The fourth-order valence-corrected chi connectivity index (χ4v) is 2.28. The monoisotopic (exact) mass is 293 g/mol. The molecular formula is C17H15N3O2. The molecule has 0 radical (unpaired) electrons. The van der Waals surface area contributed by atoms with E-state index in [1.807, 2.05) is 31.2 Å². The third-order valence-electron chi connectivity index (χ3n) is 3.51. The summed E-state index contributed by atoms with van der Waals surface area (Å²) < 4.78 is 0. The number of amides is 1. The molecule has 110 valence electrons. The number of H-pyrrole nitrogens is 1. The summed E-state index contributed by atoms with van der Waals surface area (Å²) in [6.07, 6.45) is 0. The van der Waals surface area contributed by atoms with Gasteiger partial charge in [-0.2, -0.15) is 5.10 Å². The van der Waals surface area contributed by atoms with Gasteiger partial charge in [0.1, 0.15) is 0 Å². The van der Waals surface area contributed by atoms with E-state index in [0.717, 1.165) is 10.9 Å². The number of carbonyl (C=O) groups excluding carboxylic acids is 1. The maximum absolute atomic E-state index is 12.1. The lowest BCUT2D eigenvalue weighted by molar-refractivity contribution is 0.0950. The van der Waals surface area contributed by atoms with E-state index in [4.69, 9.17) is 0 Å². The molecule has 0 aliphatic carbocycles. The Balaban J connectivity index is 1.82. The average molecular weight is 293 g/mol. The van der Waals surface area contributed by atoms with Crippen LogP contribution in [0.1, 0.15) is 21.6 Å². The second-order valence-corrected chi connectivity index (χ2v) is 5.09. The minimum absolute atomic E-state index is 0.169. The van der Waals surface area contributed by atoms with Crippen LogP contribution in [0.2, 0.25) is 0 Å². The van der Waals surface area contributed by atoms with Crippen LogP contribution in [0.25, 0.3) is 10.8 Å². The van der Waals surface area contributed by atoms with E-state index in [1.54, 1.807) is 24.3 Å². The van der Waals surface area contributed by atoms with Gasteiger partial charge in [0.05, 0.1) is 17.6 Å². The first-order valence-electron chi connectivity index (χ1n) is 6.96. The molecule has 3 aromatic rings.